The fourth-order valence-corrected chi connectivity index (χ4v) is 3.58. The van der Waals surface area contributed by atoms with Gasteiger partial charge in [0, 0.05) is 11.1 Å². The van der Waals surface area contributed by atoms with Crippen molar-refractivity contribution in [1.82, 2.24) is 0 Å². The van der Waals surface area contributed by atoms with Crippen LogP contribution >= 0.6 is 0 Å². The second-order valence-electron chi connectivity index (χ2n) is 4.96. The van der Waals surface area contributed by atoms with E-state index < -0.39 is 0 Å². The Morgan fingerprint density at radius 2 is 1.75 bits per heavy atom. The molecule has 0 saturated heterocycles. The zero-order valence-corrected chi connectivity index (χ0v) is 10.2. The fourth-order valence-electron chi connectivity index (χ4n) is 3.58. The third kappa shape index (κ3) is 1.13. The second kappa shape index (κ2) is 3.41. The summed E-state index contributed by atoms with van der Waals surface area (Å²) in [5.41, 5.74) is 4.07. The predicted octanol–water partition coefficient (Wildman–Crippen LogP) is 3.38. The van der Waals surface area contributed by atoms with Gasteiger partial charge in [-0.3, -0.25) is 0 Å². The van der Waals surface area contributed by atoms with Crippen LogP contribution in [0.5, 0.6) is 11.5 Å². The van der Waals surface area contributed by atoms with E-state index in [9.17, 15) is 0 Å². The van der Waals surface area contributed by atoms with Crippen molar-refractivity contribution in [3.63, 3.8) is 0 Å². The van der Waals surface area contributed by atoms with Crippen molar-refractivity contribution in [2.24, 2.45) is 0 Å². The van der Waals surface area contributed by atoms with Gasteiger partial charge in [-0.15, -0.1) is 0 Å². The van der Waals surface area contributed by atoms with Gasteiger partial charge < -0.3 is 9.47 Å². The first-order valence-electron chi connectivity index (χ1n) is 6.01. The molecule has 1 aromatic rings. The third-order valence-corrected chi connectivity index (χ3v) is 4.18. The predicted molar refractivity (Wildman–Crippen MR) is 63.6 cm³/mol. The number of ether oxygens (including phenoxy) is 2. The van der Waals surface area contributed by atoms with E-state index in [1.165, 1.54) is 36.0 Å². The maximum atomic E-state index is 5.58. The molecule has 2 bridgehead atoms. The number of aryl methyl sites for hydroxylation is 1. The third-order valence-electron chi connectivity index (χ3n) is 4.18. The summed E-state index contributed by atoms with van der Waals surface area (Å²) in [7, 11) is 3.55. The van der Waals surface area contributed by atoms with Crippen LogP contribution in [0.1, 0.15) is 47.8 Å². The van der Waals surface area contributed by atoms with Gasteiger partial charge >= 0.3 is 0 Å². The number of benzene rings is 1. The summed E-state index contributed by atoms with van der Waals surface area (Å²) in [6, 6.07) is 2.12. The van der Waals surface area contributed by atoms with E-state index >= 15 is 0 Å². The minimum absolute atomic E-state index is 0.712. The van der Waals surface area contributed by atoms with E-state index in [2.05, 4.69) is 13.0 Å². The Balaban J connectivity index is 2.26. The molecule has 1 saturated carbocycles. The molecule has 0 aromatic heterocycles. The van der Waals surface area contributed by atoms with Crippen LogP contribution < -0.4 is 9.47 Å². The molecule has 0 amide bonds. The van der Waals surface area contributed by atoms with Gasteiger partial charge in [0.1, 0.15) is 11.5 Å². The Kier molecular flexibility index (Phi) is 2.13. The molecule has 3 rings (SSSR count). The van der Waals surface area contributed by atoms with Gasteiger partial charge in [0.2, 0.25) is 0 Å². The smallest absolute Gasteiger partial charge is 0.125 e. The van der Waals surface area contributed by atoms with E-state index in [0.29, 0.717) is 11.8 Å². The summed E-state index contributed by atoms with van der Waals surface area (Å²) in [4.78, 5) is 0. The molecule has 0 heterocycles. The lowest BCUT2D eigenvalue weighted by atomic mass is 9.88. The molecule has 2 nitrogen and oxygen atoms in total. The molecule has 0 N–H and O–H groups in total. The lowest BCUT2D eigenvalue weighted by Crippen LogP contribution is -2.05. The molecule has 0 aliphatic heterocycles. The van der Waals surface area contributed by atoms with Crippen LogP contribution in [-0.2, 0) is 0 Å². The fraction of sp³-hybridized carbons (Fsp3) is 0.571. The zero-order chi connectivity index (χ0) is 11.3. The Labute approximate surface area is 96.6 Å². The molecule has 16 heavy (non-hydrogen) atoms. The first kappa shape index (κ1) is 10.0. The van der Waals surface area contributed by atoms with Gasteiger partial charge in [0.25, 0.3) is 0 Å². The monoisotopic (exact) mass is 218 g/mol. The van der Waals surface area contributed by atoms with E-state index in [0.717, 1.165) is 11.5 Å². The lowest BCUT2D eigenvalue weighted by Gasteiger charge is -2.22. The Bertz CT molecular complexity index is 437. The van der Waals surface area contributed by atoms with Crippen molar-refractivity contribution < 1.29 is 9.47 Å². The average molecular weight is 218 g/mol. The van der Waals surface area contributed by atoms with Gasteiger partial charge in [0.05, 0.1) is 14.2 Å². The van der Waals surface area contributed by atoms with Gasteiger partial charge in [0.15, 0.2) is 0 Å². The summed E-state index contributed by atoms with van der Waals surface area (Å²) in [5.74, 6) is 3.59. The van der Waals surface area contributed by atoms with Crippen molar-refractivity contribution in [3.8, 4) is 11.5 Å². The number of methoxy groups -OCH3 is 2. The molecule has 0 radical (unpaired) electrons. The van der Waals surface area contributed by atoms with E-state index in [4.69, 9.17) is 9.47 Å². The Morgan fingerprint density at radius 3 is 2.38 bits per heavy atom. The Hall–Kier alpha value is -1.18. The maximum absolute atomic E-state index is 5.58. The highest BCUT2D eigenvalue weighted by atomic mass is 16.5. The Morgan fingerprint density at radius 1 is 1.06 bits per heavy atom. The highest BCUT2D eigenvalue weighted by molar-refractivity contribution is 5.60. The molecule has 86 valence electrons. The maximum Gasteiger partial charge on any atom is 0.125 e. The number of fused-ring (bicyclic) bond motifs is 5. The van der Waals surface area contributed by atoms with Crippen molar-refractivity contribution >= 4 is 0 Å². The van der Waals surface area contributed by atoms with Crippen molar-refractivity contribution in [2.75, 3.05) is 14.2 Å². The summed E-state index contributed by atoms with van der Waals surface area (Å²) in [5, 5.41) is 0. The highest BCUT2D eigenvalue weighted by Crippen LogP contribution is 2.59. The largest absolute Gasteiger partial charge is 0.496 e. The minimum Gasteiger partial charge on any atom is -0.496 e. The summed E-state index contributed by atoms with van der Waals surface area (Å²) in [6.45, 7) is 2.10. The summed E-state index contributed by atoms with van der Waals surface area (Å²) < 4.78 is 11.1. The topological polar surface area (TPSA) is 18.5 Å². The van der Waals surface area contributed by atoms with Crippen molar-refractivity contribution in [2.45, 2.75) is 38.0 Å². The first-order valence-corrected chi connectivity index (χ1v) is 6.01. The first-order chi connectivity index (χ1) is 7.76. The quantitative estimate of drug-likeness (QED) is 0.757. The van der Waals surface area contributed by atoms with Crippen LogP contribution in [0.15, 0.2) is 6.07 Å². The van der Waals surface area contributed by atoms with Crippen LogP contribution in [0.4, 0.5) is 0 Å². The average Bonchev–Trinajstić information content (AvgIpc) is 2.88. The molecular weight excluding hydrogens is 200 g/mol. The van der Waals surface area contributed by atoms with Crippen LogP contribution in [0.2, 0.25) is 0 Å². The summed E-state index contributed by atoms with van der Waals surface area (Å²) in [6.07, 6.45) is 3.94. The standard InChI is InChI=1S/C14H18O2/c1-8-6-11(15-2)12-9-4-5-10(7-9)13(12)14(8)16-3/h6,9-10H,4-5,7H2,1-3H3. The highest BCUT2D eigenvalue weighted by Gasteiger charge is 2.41. The normalized spacial score (nSPS) is 25.7. The SMILES string of the molecule is COc1cc(C)c(OC)c2c1C1CCC2C1. The van der Waals surface area contributed by atoms with E-state index in [1.807, 2.05) is 0 Å². The summed E-state index contributed by atoms with van der Waals surface area (Å²) >= 11 is 0. The molecule has 2 atom stereocenters. The molecule has 2 heteroatoms. The van der Waals surface area contributed by atoms with Crippen LogP contribution in [0, 0.1) is 6.92 Å². The van der Waals surface area contributed by atoms with Crippen LogP contribution in [0.3, 0.4) is 0 Å². The van der Waals surface area contributed by atoms with Crippen LogP contribution in [0.25, 0.3) is 0 Å². The van der Waals surface area contributed by atoms with Crippen molar-refractivity contribution in [1.29, 1.82) is 0 Å². The molecule has 2 aliphatic carbocycles. The molecule has 2 unspecified atom stereocenters. The number of hydrogen-bond acceptors (Lipinski definition) is 2. The zero-order valence-electron chi connectivity index (χ0n) is 10.2. The molecular formula is C14H18O2. The molecule has 2 aliphatic rings. The van der Waals surface area contributed by atoms with Gasteiger partial charge in [-0.05, 0) is 49.7 Å². The minimum atomic E-state index is 0.712. The molecule has 1 aromatic carbocycles. The second-order valence-corrected chi connectivity index (χ2v) is 4.96. The van der Waals surface area contributed by atoms with Gasteiger partial charge in [-0.25, -0.2) is 0 Å². The lowest BCUT2D eigenvalue weighted by molar-refractivity contribution is 0.388. The molecule has 0 spiro atoms. The van der Waals surface area contributed by atoms with Crippen molar-refractivity contribution in [3.05, 3.63) is 22.8 Å². The number of rotatable bonds is 2. The van der Waals surface area contributed by atoms with Crippen LogP contribution in [-0.4, -0.2) is 14.2 Å². The van der Waals surface area contributed by atoms with E-state index in [1.54, 1.807) is 14.2 Å². The van der Waals surface area contributed by atoms with E-state index in [-0.39, 0.29) is 0 Å². The molecule has 1 fully saturated rings. The van der Waals surface area contributed by atoms with Gasteiger partial charge in [-0.1, -0.05) is 0 Å². The number of hydrogen-bond donors (Lipinski definition) is 0. The van der Waals surface area contributed by atoms with Gasteiger partial charge in [-0.2, -0.15) is 0 Å².